The lowest BCUT2D eigenvalue weighted by Gasteiger charge is -2.08. The molecule has 0 saturated heterocycles. The summed E-state index contributed by atoms with van der Waals surface area (Å²) in [7, 11) is 0. The lowest BCUT2D eigenvalue weighted by molar-refractivity contribution is 0.971. The number of aromatic amines is 1. The van der Waals surface area contributed by atoms with Crippen LogP contribution in [-0.2, 0) is 6.42 Å². The molecule has 4 N–H and O–H groups in total. The molecule has 0 aliphatic carbocycles. The second-order valence-corrected chi connectivity index (χ2v) is 6.33. The number of nitrogens with one attached hydrogen (secondary N) is 2. The molecule has 1 heterocycles. The van der Waals surface area contributed by atoms with Crippen LogP contribution in [0, 0.1) is 20.8 Å². The molecule has 0 unspecified atom stereocenters. The summed E-state index contributed by atoms with van der Waals surface area (Å²) in [4.78, 5) is 7.78. The van der Waals surface area contributed by atoms with Gasteiger partial charge in [-0.15, -0.1) is 24.0 Å². The van der Waals surface area contributed by atoms with E-state index in [1.54, 1.807) is 0 Å². The highest BCUT2D eigenvalue weighted by Gasteiger charge is 2.05. The van der Waals surface area contributed by atoms with Crippen LogP contribution >= 0.6 is 24.0 Å². The predicted molar refractivity (Wildman–Crippen MR) is 118 cm³/mol. The van der Waals surface area contributed by atoms with Gasteiger partial charge in [0, 0.05) is 29.3 Å². The first-order valence-corrected chi connectivity index (χ1v) is 8.24. The van der Waals surface area contributed by atoms with Gasteiger partial charge >= 0.3 is 0 Å². The number of benzene rings is 2. The molecule has 25 heavy (non-hydrogen) atoms. The van der Waals surface area contributed by atoms with Gasteiger partial charge in [-0.1, -0.05) is 18.2 Å². The van der Waals surface area contributed by atoms with Crippen molar-refractivity contribution < 1.29 is 0 Å². The number of rotatable bonds is 4. The first-order chi connectivity index (χ1) is 11.5. The number of aliphatic imine (C=N–C) groups is 1. The fraction of sp³-hybridized carbons (Fsp3) is 0.250. The zero-order valence-corrected chi connectivity index (χ0v) is 17.2. The van der Waals surface area contributed by atoms with Crippen molar-refractivity contribution in [2.24, 2.45) is 10.7 Å². The summed E-state index contributed by atoms with van der Waals surface area (Å²) in [6, 6.07) is 12.6. The van der Waals surface area contributed by atoms with Gasteiger partial charge in [-0.25, -0.2) is 0 Å². The molecule has 3 aromatic rings. The number of anilines is 1. The van der Waals surface area contributed by atoms with E-state index < -0.39 is 0 Å². The van der Waals surface area contributed by atoms with Gasteiger partial charge in [0.15, 0.2) is 5.96 Å². The van der Waals surface area contributed by atoms with Crippen LogP contribution < -0.4 is 11.1 Å². The number of hydrogen-bond donors (Lipinski definition) is 3. The van der Waals surface area contributed by atoms with Crippen LogP contribution in [0.15, 0.2) is 47.6 Å². The topological polar surface area (TPSA) is 66.2 Å². The maximum atomic E-state index is 6.02. The Morgan fingerprint density at radius 3 is 2.56 bits per heavy atom. The Hall–Kier alpha value is -2.02. The predicted octanol–water partition coefficient (Wildman–Crippen LogP) is 4.68. The van der Waals surface area contributed by atoms with Crippen molar-refractivity contribution >= 4 is 46.5 Å². The molecule has 0 aliphatic rings. The highest BCUT2D eigenvalue weighted by molar-refractivity contribution is 14.0. The van der Waals surface area contributed by atoms with E-state index in [9.17, 15) is 0 Å². The van der Waals surface area contributed by atoms with E-state index in [4.69, 9.17) is 5.73 Å². The average Bonchev–Trinajstić information content (AvgIpc) is 2.91. The molecule has 0 amide bonds. The van der Waals surface area contributed by atoms with E-state index in [2.05, 4.69) is 78.7 Å². The van der Waals surface area contributed by atoms with Crippen molar-refractivity contribution in [2.45, 2.75) is 27.2 Å². The Morgan fingerprint density at radius 2 is 1.84 bits per heavy atom. The molecule has 0 spiro atoms. The maximum Gasteiger partial charge on any atom is 0.193 e. The molecular weight excluding hydrogens is 423 g/mol. The third-order valence-corrected chi connectivity index (χ3v) is 4.15. The van der Waals surface area contributed by atoms with Gasteiger partial charge in [0.2, 0.25) is 0 Å². The van der Waals surface area contributed by atoms with E-state index in [0.717, 1.165) is 12.1 Å². The molecule has 3 rings (SSSR count). The minimum absolute atomic E-state index is 0. The van der Waals surface area contributed by atoms with Gasteiger partial charge in [-0.2, -0.15) is 0 Å². The molecule has 0 aliphatic heterocycles. The molecule has 132 valence electrons. The minimum Gasteiger partial charge on any atom is -0.370 e. The fourth-order valence-electron chi connectivity index (χ4n) is 3.18. The quantitative estimate of drug-likeness (QED) is 0.308. The summed E-state index contributed by atoms with van der Waals surface area (Å²) in [5, 5.41) is 4.47. The third kappa shape index (κ3) is 4.75. The Bertz CT molecular complexity index is 876. The average molecular weight is 448 g/mol. The van der Waals surface area contributed by atoms with E-state index >= 15 is 0 Å². The summed E-state index contributed by atoms with van der Waals surface area (Å²) in [6.45, 7) is 6.94. The SMILES string of the molecule is Cc1cc(C)cc(NC(N)=NCCc2c[nH]c3cccc(C)c23)c1.I. The molecule has 0 atom stereocenters. The summed E-state index contributed by atoms with van der Waals surface area (Å²) in [5.74, 6) is 0.455. The van der Waals surface area contributed by atoms with Gasteiger partial charge in [-0.05, 0) is 67.6 Å². The van der Waals surface area contributed by atoms with Crippen LogP contribution in [0.2, 0.25) is 0 Å². The van der Waals surface area contributed by atoms with Crippen LogP contribution in [0.25, 0.3) is 10.9 Å². The van der Waals surface area contributed by atoms with E-state index in [-0.39, 0.29) is 24.0 Å². The number of guanidine groups is 1. The Kier molecular flexibility index (Phi) is 6.47. The third-order valence-electron chi connectivity index (χ3n) is 4.15. The number of aromatic nitrogens is 1. The summed E-state index contributed by atoms with van der Waals surface area (Å²) < 4.78 is 0. The number of nitrogens with two attached hydrogens (primary N) is 1. The summed E-state index contributed by atoms with van der Waals surface area (Å²) >= 11 is 0. The minimum atomic E-state index is 0. The summed E-state index contributed by atoms with van der Waals surface area (Å²) in [6.07, 6.45) is 2.93. The van der Waals surface area contributed by atoms with Gasteiger partial charge in [0.25, 0.3) is 0 Å². The first kappa shape index (κ1) is 19.3. The zero-order valence-electron chi connectivity index (χ0n) is 14.9. The van der Waals surface area contributed by atoms with Crippen LogP contribution in [0.1, 0.15) is 22.3 Å². The van der Waals surface area contributed by atoms with Crippen molar-refractivity contribution in [1.29, 1.82) is 0 Å². The first-order valence-electron chi connectivity index (χ1n) is 8.24. The monoisotopic (exact) mass is 448 g/mol. The lowest BCUT2D eigenvalue weighted by atomic mass is 10.1. The molecule has 4 nitrogen and oxygen atoms in total. The van der Waals surface area contributed by atoms with Crippen molar-refractivity contribution in [3.63, 3.8) is 0 Å². The molecule has 0 fully saturated rings. The molecule has 2 aromatic carbocycles. The van der Waals surface area contributed by atoms with E-state index in [1.165, 1.54) is 33.2 Å². The molecule has 1 aromatic heterocycles. The van der Waals surface area contributed by atoms with Gasteiger partial charge in [-0.3, -0.25) is 4.99 Å². The van der Waals surface area contributed by atoms with E-state index in [0.29, 0.717) is 12.5 Å². The van der Waals surface area contributed by atoms with Gasteiger partial charge in [0.1, 0.15) is 0 Å². The standard InChI is InChI=1S/C20H24N4.HI/c1-13-9-14(2)11-17(10-13)24-20(21)22-8-7-16-12-23-18-6-4-5-15(3)19(16)18;/h4-6,9-12,23H,7-8H2,1-3H3,(H3,21,22,24);1H. The number of fused-ring (bicyclic) bond motifs is 1. The molecule has 0 bridgehead atoms. The number of halogens is 1. The highest BCUT2D eigenvalue weighted by Crippen LogP contribution is 2.22. The Labute approximate surface area is 165 Å². The lowest BCUT2D eigenvalue weighted by Crippen LogP contribution is -2.23. The molecule has 0 radical (unpaired) electrons. The van der Waals surface area contributed by atoms with Crippen LogP contribution in [0.5, 0.6) is 0 Å². The number of aryl methyl sites for hydroxylation is 3. The number of hydrogen-bond acceptors (Lipinski definition) is 1. The van der Waals surface area contributed by atoms with Crippen LogP contribution in [0.4, 0.5) is 5.69 Å². The van der Waals surface area contributed by atoms with E-state index in [1.807, 2.05) is 0 Å². The van der Waals surface area contributed by atoms with Crippen LogP contribution in [0.3, 0.4) is 0 Å². The van der Waals surface area contributed by atoms with Crippen LogP contribution in [-0.4, -0.2) is 17.5 Å². The van der Waals surface area contributed by atoms with Crippen molar-refractivity contribution in [3.8, 4) is 0 Å². The van der Waals surface area contributed by atoms with Gasteiger partial charge in [0.05, 0.1) is 0 Å². The molecular formula is C20H25IN4. The van der Waals surface area contributed by atoms with Crippen molar-refractivity contribution in [1.82, 2.24) is 4.98 Å². The number of H-pyrrole nitrogens is 1. The Morgan fingerprint density at radius 1 is 1.12 bits per heavy atom. The molecule has 0 saturated carbocycles. The number of nitrogens with zero attached hydrogens (tertiary/aromatic N) is 1. The smallest absolute Gasteiger partial charge is 0.193 e. The largest absolute Gasteiger partial charge is 0.370 e. The van der Waals surface area contributed by atoms with Crippen molar-refractivity contribution in [3.05, 3.63) is 64.8 Å². The Balaban J connectivity index is 0.00000225. The fourth-order valence-corrected chi connectivity index (χ4v) is 3.18. The summed E-state index contributed by atoms with van der Waals surface area (Å²) in [5.41, 5.74) is 13.2. The van der Waals surface area contributed by atoms with Gasteiger partial charge < -0.3 is 16.0 Å². The molecule has 5 heteroatoms. The second-order valence-electron chi connectivity index (χ2n) is 6.33. The van der Waals surface area contributed by atoms with Crippen molar-refractivity contribution in [2.75, 3.05) is 11.9 Å². The normalized spacial score (nSPS) is 11.4. The maximum absolute atomic E-state index is 6.02. The highest BCUT2D eigenvalue weighted by atomic mass is 127. The zero-order chi connectivity index (χ0) is 17.1. The second kappa shape index (κ2) is 8.38.